The summed E-state index contributed by atoms with van der Waals surface area (Å²) in [6.07, 6.45) is 2.12. The van der Waals surface area contributed by atoms with Crippen LogP contribution in [-0.2, 0) is 9.59 Å². The van der Waals surface area contributed by atoms with E-state index in [1.54, 1.807) is 6.92 Å². The Kier molecular flexibility index (Phi) is 7.32. The first-order chi connectivity index (χ1) is 9.85. The van der Waals surface area contributed by atoms with Crippen LogP contribution < -0.4 is 5.32 Å². The number of rotatable bonds is 6. The fraction of sp³-hybridized carbons (Fsp3) is 0.875. The molecule has 0 spiro atoms. The van der Waals surface area contributed by atoms with E-state index in [4.69, 9.17) is 0 Å². The second-order valence-corrected chi connectivity index (χ2v) is 6.55. The lowest BCUT2D eigenvalue weighted by atomic mass is 10.0. The SMILES string of the molecule is CCC1CN(C)CCCN1CC(=O)NC(C(C)=O)C(C)C. The number of carbonyl (C=O) groups excluding carboxylic acids is 2. The Labute approximate surface area is 129 Å². The van der Waals surface area contributed by atoms with E-state index >= 15 is 0 Å². The number of hydrogen-bond acceptors (Lipinski definition) is 4. The van der Waals surface area contributed by atoms with Crippen LogP contribution >= 0.6 is 0 Å². The second kappa shape index (κ2) is 8.49. The molecule has 0 aromatic heterocycles. The van der Waals surface area contributed by atoms with Crippen LogP contribution in [0.5, 0.6) is 0 Å². The smallest absolute Gasteiger partial charge is 0.234 e. The van der Waals surface area contributed by atoms with E-state index in [2.05, 4.69) is 29.1 Å². The lowest BCUT2D eigenvalue weighted by molar-refractivity contribution is -0.128. The molecule has 5 heteroatoms. The summed E-state index contributed by atoms with van der Waals surface area (Å²) in [6.45, 7) is 11.1. The summed E-state index contributed by atoms with van der Waals surface area (Å²) in [5, 5.41) is 2.90. The van der Waals surface area contributed by atoms with Crippen molar-refractivity contribution in [3.8, 4) is 0 Å². The summed E-state index contributed by atoms with van der Waals surface area (Å²) in [7, 11) is 2.14. The summed E-state index contributed by atoms with van der Waals surface area (Å²) < 4.78 is 0. The quantitative estimate of drug-likeness (QED) is 0.798. The Morgan fingerprint density at radius 2 is 1.95 bits per heavy atom. The molecule has 2 atom stereocenters. The monoisotopic (exact) mass is 297 g/mol. The Morgan fingerprint density at radius 1 is 1.29 bits per heavy atom. The van der Waals surface area contributed by atoms with E-state index in [0.717, 1.165) is 32.5 Å². The number of nitrogens with one attached hydrogen (secondary N) is 1. The molecule has 1 amide bonds. The molecule has 0 bridgehead atoms. The highest BCUT2D eigenvalue weighted by molar-refractivity contribution is 5.88. The van der Waals surface area contributed by atoms with Gasteiger partial charge in [-0.15, -0.1) is 0 Å². The van der Waals surface area contributed by atoms with Crippen molar-refractivity contribution >= 4 is 11.7 Å². The predicted molar refractivity (Wildman–Crippen MR) is 85.2 cm³/mol. The molecule has 1 aliphatic heterocycles. The zero-order chi connectivity index (χ0) is 16.0. The van der Waals surface area contributed by atoms with Crippen molar-refractivity contribution in [1.29, 1.82) is 0 Å². The van der Waals surface area contributed by atoms with Gasteiger partial charge in [0.05, 0.1) is 12.6 Å². The third-order valence-electron chi connectivity index (χ3n) is 4.26. The molecule has 0 aromatic rings. The minimum atomic E-state index is -0.368. The first-order valence-electron chi connectivity index (χ1n) is 8.07. The molecule has 0 aromatic carbocycles. The predicted octanol–water partition coefficient (Wildman–Crippen LogP) is 1.13. The fourth-order valence-electron chi connectivity index (χ4n) is 3.03. The molecule has 2 unspecified atom stereocenters. The summed E-state index contributed by atoms with van der Waals surface area (Å²) in [6, 6.07) is 0.0466. The van der Waals surface area contributed by atoms with Crippen molar-refractivity contribution in [2.24, 2.45) is 5.92 Å². The molecule has 1 heterocycles. The van der Waals surface area contributed by atoms with Gasteiger partial charge < -0.3 is 10.2 Å². The van der Waals surface area contributed by atoms with Gasteiger partial charge in [0.2, 0.25) is 5.91 Å². The average molecular weight is 297 g/mol. The summed E-state index contributed by atoms with van der Waals surface area (Å²) >= 11 is 0. The van der Waals surface area contributed by atoms with E-state index in [1.807, 2.05) is 13.8 Å². The lowest BCUT2D eigenvalue weighted by Crippen LogP contribution is -2.50. The number of Topliss-reactive ketones (excluding diaryl/α,β-unsaturated/α-hetero) is 1. The molecule has 0 radical (unpaired) electrons. The van der Waals surface area contributed by atoms with Gasteiger partial charge in [-0.3, -0.25) is 14.5 Å². The molecule has 1 rings (SSSR count). The molecule has 5 nitrogen and oxygen atoms in total. The number of amides is 1. The van der Waals surface area contributed by atoms with Gasteiger partial charge in [0.15, 0.2) is 5.78 Å². The van der Waals surface area contributed by atoms with Crippen LogP contribution in [-0.4, -0.2) is 66.8 Å². The highest BCUT2D eigenvalue weighted by atomic mass is 16.2. The van der Waals surface area contributed by atoms with Crippen molar-refractivity contribution in [3.63, 3.8) is 0 Å². The fourth-order valence-corrected chi connectivity index (χ4v) is 3.03. The highest BCUT2D eigenvalue weighted by Gasteiger charge is 2.26. The van der Waals surface area contributed by atoms with Crippen LogP contribution in [0.15, 0.2) is 0 Å². The summed E-state index contributed by atoms with van der Waals surface area (Å²) in [4.78, 5) is 28.5. The van der Waals surface area contributed by atoms with Gasteiger partial charge in [-0.25, -0.2) is 0 Å². The van der Waals surface area contributed by atoms with Gasteiger partial charge >= 0.3 is 0 Å². The zero-order valence-corrected chi connectivity index (χ0v) is 14.2. The minimum Gasteiger partial charge on any atom is -0.345 e. The normalized spacial score (nSPS) is 22.9. The summed E-state index contributed by atoms with van der Waals surface area (Å²) in [5.74, 6) is 0.122. The number of nitrogens with zero attached hydrogens (tertiary/aromatic N) is 2. The van der Waals surface area contributed by atoms with Crippen LogP contribution in [0, 0.1) is 5.92 Å². The van der Waals surface area contributed by atoms with Gasteiger partial charge in [-0.2, -0.15) is 0 Å². The molecule has 0 saturated carbocycles. The Morgan fingerprint density at radius 3 is 2.48 bits per heavy atom. The van der Waals surface area contributed by atoms with Gasteiger partial charge in [0.25, 0.3) is 0 Å². The van der Waals surface area contributed by atoms with E-state index < -0.39 is 0 Å². The van der Waals surface area contributed by atoms with Crippen LogP contribution in [0.1, 0.15) is 40.5 Å². The molecule has 1 aliphatic rings. The van der Waals surface area contributed by atoms with Gasteiger partial charge in [0.1, 0.15) is 0 Å². The van der Waals surface area contributed by atoms with Gasteiger partial charge in [-0.05, 0) is 39.3 Å². The maximum atomic E-state index is 12.3. The third-order valence-corrected chi connectivity index (χ3v) is 4.26. The molecular formula is C16H31N3O2. The Bertz CT molecular complexity index is 357. The van der Waals surface area contributed by atoms with Crippen LogP contribution in [0.2, 0.25) is 0 Å². The van der Waals surface area contributed by atoms with E-state index in [0.29, 0.717) is 12.6 Å². The number of ketones is 1. The first kappa shape index (κ1) is 18.1. The molecular weight excluding hydrogens is 266 g/mol. The second-order valence-electron chi connectivity index (χ2n) is 6.55. The van der Waals surface area contributed by atoms with Gasteiger partial charge in [0, 0.05) is 19.1 Å². The average Bonchev–Trinajstić information content (AvgIpc) is 2.57. The topological polar surface area (TPSA) is 52.6 Å². The zero-order valence-electron chi connectivity index (χ0n) is 14.2. The van der Waals surface area contributed by atoms with Crippen molar-refractivity contribution in [3.05, 3.63) is 0 Å². The van der Waals surface area contributed by atoms with Crippen LogP contribution in [0.4, 0.5) is 0 Å². The molecule has 1 saturated heterocycles. The van der Waals surface area contributed by atoms with E-state index in [9.17, 15) is 9.59 Å². The molecule has 21 heavy (non-hydrogen) atoms. The van der Waals surface area contributed by atoms with Crippen LogP contribution in [0.3, 0.4) is 0 Å². The number of hydrogen-bond donors (Lipinski definition) is 1. The Balaban J connectivity index is 2.61. The maximum absolute atomic E-state index is 12.3. The number of likely N-dealkylation sites (N-methyl/N-ethyl adjacent to an activating group) is 1. The summed E-state index contributed by atoms with van der Waals surface area (Å²) in [5.41, 5.74) is 0. The third kappa shape index (κ3) is 5.75. The van der Waals surface area contributed by atoms with Crippen molar-refractivity contribution in [2.45, 2.75) is 52.6 Å². The minimum absolute atomic E-state index is 0.0287. The van der Waals surface area contributed by atoms with Crippen molar-refractivity contribution in [2.75, 3.05) is 33.2 Å². The number of carbonyl (C=O) groups is 2. The highest BCUT2D eigenvalue weighted by Crippen LogP contribution is 2.12. The van der Waals surface area contributed by atoms with Crippen LogP contribution in [0.25, 0.3) is 0 Å². The standard InChI is InChI=1S/C16H31N3O2/c1-6-14-10-18(5)8-7-9-19(14)11-15(21)17-16(12(2)3)13(4)20/h12,14,16H,6-11H2,1-5H3,(H,17,21). The Hall–Kier alpha value is -0.940. The molecule has 122 valence electrons. The molecule has 0 aliphatic carbocycles. The molecule has 1 N–H and O–H groups in total. The van der Waals surface area contributed by atoms with Crippen molar-refractivity contribution < 1.29 is 9.59 Å². The largest absolute Gasteiger partial charge is 0.345 e. The lowest BCUT2D eigenvalue weighted by Gasteiger charge is -2.30. The maximum Gasteiger partial charge on any atom is 0.234 e. The first-order valence-corrected chi connectivity index (χ1v) is 8.07. The van der Waals surface area contributed by atoms with Crippen molar-refractivity contribution in [1.82, 2.24) is 15.1 Å². The van der Waals surface area contributed by atoms with E-state index in [-0.39, 0.29) is 23.7 Å². The molecule has 1 fully saturated rings. The van der Waals surface area contributed by atoms with Gasteiger partial charge in [-0.1, -0.05) is 20.8 Å². The van der Waals surface area contributed by atoms with E-state index in [1.165, 1.54) is 0 Å².